The Morgan fingerprint density at radius 3 is 2.46 bits per heavy atom. The van der Waals surface area contributed by atoms with Crippen LogP contribution < -0.4 is 10.8 Å². The van der Waals surface area contributed by atoms with E-state index in [2.05, 4.69) is 17.4 Å². The fourth-order valence-electron chi connectivity index (χ4n) is 6.04. The van der Waals surface area contributed by atoms with Crippen molar-refractivity contribution in [3.05, 3.63) is 41.5 Å². The van der Waals surface area contributed by atoms with E-state index in [-0.39, 0.29) is 5.60 Å². The maximum absolute atomic E-state index is 11.0. The number of rotatable bonds is 6. The van der Waals surface area contributed by atoms with Gasteiger partial charge in [0.2, 0.25) is 0 Å². The van der Waals surface area contributed by atoms with Crippen LogP contribution >= 0.6 is 0 Å². The van der Waals surface area contributed by atoms with Crippen molar-refractivity contribution in [1.82, 2.24) is 10.8 Å². The van der Waals surface area contributed by atoms with Gasteiger partial charge in [0.25, 0.3) is 5.91 Å². The number of carbonyl (C=O) groups is 1. The van der Waals surface area contributed by atoms with E-state index in [1.54, 1.807) is 11.6 Å². The lowest BCUT2D eigenvalue weighted by molar-refractivity contribution is -0.162. The summed E-state index contributed by atoms with van der Waals surface area (Å²) >= 11 is 0. The van der Waals surface area contributed by atoms with Crippen LogP contribution in [0, 0.1) is 17.3 Å². The first kappa shape index (κ1) is 17.7. The minimum absolute atomic E-state index is 0.291. The van der Waals surface area contributed by atoms with Gasteiger partial charge in [-0.15, -0.1) is 0 Å². The fourth-order valence-corrected chi connectivity index (χ4v) is 6.04. The van der Waals surface area contributed by atoms with Gasteiger partial charge in [-0.25, -0.2) is 5.48 Å². The van der Waals surface area contributed by atoms with Gasteiger partial charge >= 0.3 is 0 Å². The molecular formula is C21H28N2O3. The molecule has 5 nitrogen and oxygen atoms in total. The zero-order valence-corrected chi connectivity index (χ0v) is 15.1. The van der Waals surface area contributed by atoms with Gasteiger partial charge in [0.1, 0.15) is 0 Å². The highest BCUT2D eigenvalue weighted by molar-refractivity contribution is 5.90. The molecule has 4 bridgehead atoms. The Labute approximate surface area is 154 Å². The third-order valence-corrected chi connectivity index (χ3v) is 6.50. The molecule has 4 N–H and O–H groups in total. The molecule has 0 spiro atoms. The van der Waals surface area contributed by atoms with Crippen LogP contribution in [0.3, 0.4) is 0 Å². The van der Waals surface area contributed by atoms with Crippen LogP contribution in [0.15, 0.2) is 30.3 Å². The highest BCUT2D eigenvalue weighted by Gasteiger charge is 2.56. The first-order chi connectivity index (χ1) is 12.5. The Kier molecular flexibility index (Phi) is 4.63. The van der Waals surface area contributed by atoms with Crippen LogP contribution in [-0.4, -0.2) is 28.4 Å². The van der Waals surface area contributed by atoms with Crippen molar-refractivity contribution in [2.75, 3.05) is 6.54 Å². The number of benzene rings is 1. The van der Waals surface area contributed by atoms with Crippen molar-refractivity contribution in [3.63, 3.8) is 0 Å². The molecule has 1 aromatic carbocycles. The van der Waals surface area contributed by atoms with Crippen LogP contribution in [0.5, 0.6) is 0 Å². The molecular weight excluding hydrogens is 328 g/mol. The summed E-state index contributed by atoms with van der Waals surface area (Å²) in [5.41, 5.74) is 3.60. The average molecular weight is 356 g/mol. The molecule has 0 saturated heterocycles. The summed E-state index contributed by atoms with van der Waals surface area (Å²) in [7, 11) is 0. The molecule has 4 saturated carbocycles. The molecule has 5 rings (SSSR count). The molecule has 0 heterocycles. The lowest BCUT2D eigenvalue weighted by Crippen LogP contribution is -2.58. The summed E-state index contributed by atoms with van der Waals surface area (Å²) in [5, 5.41) is 23.0. The maximum Gasteiger partial charge on any atom is 0.267 e. The number of hydroxylamine groups is 1. The van der Waals surface area contributed by atoms with E-state index in [1.165, 1.54) is 30.9 Å². The molecule has 0 aliphatic heterocycles. The number of aliphatic hydroxyl groups is 1. The summed E-state index contributed by atoms with van der Waals surface area (Å²) < 4.78 is 0. The molecule has 1 amide bonds. The van der Waals surface area contributed by atoms with Crippen LogP contribution in [0.1, 0.15) is 49.7 Å². The third kappa shape index (κ3) is 3.70. The molecule has 26 heavy (non-hydrogen) atoms. The molecule has 2 atom stereocenters. The maximum atomic E-state index is 11.0. The van der Waals surface area contributed by atoms with E-state index in [0.717, 1.165) is 49.8 Å². The second-order valence-electron chi connectivity index (χ2n) is 8.84. The highest BCUT2D eigenvalue weighted by atomic mass is 16.5. The summed E-state index contributed by atoms with van der Waals surface area (Å²) in [6.07, 6.45) is 9.85. The second-order valence-corrected chi connectivity index (χ2v) is 8.84. The number of hydrogen-bond acceptors (Lipinski definition) is 4. The number of carbonyl (C=O) groups excluding carboxylic acids is 1. The Balaban J connectivity index is 1.31. The Bertz CT molecular complexity index is 684. The minimum atomic E-state index is -0.534. The predicted octanol–water partition coefficient (Wildman–Crippen LogP) is 2.63. The number of hydrogen-bond donors (Lipinski definition) is 4. The molecule has 4 aliphatic carbocycles. The molecule has 0 radical (unpaired) electrons. The molecule has 1 aromatic rings. The van der Waals surface area contributed by atoms with E-state index in [1.807, 2.05) is 12.1 Å². The quantitative estimate of drug-likeness (QED) is 0.359. The van der Waals surface area contributed by atoms with Crippen molar-refractivity contribution in [2.45, 2.75) is 50.7 Å². The van der Waals surface area contributed by atoms with Crippen molar-refractivity contribution in [1.29, 1.82) is 0 Å². The molecule has 2 unspecified atom stereocenters. The van der Waals surface area contributed by atoms with E-state index in [4.69, 9.17) is 5.21 Å². The molecule has 140 valence electrons. The average Bonchev–Trinajstić information content (AvgIpc) is 2.58. The lowest BCUT2D eigenvalue weighted by Gasteiger charge is -2.60. The summed E-state index contributed by atoms with van der Waals surface area (Å²) in [4.78, 5) is 11.0. The van der Waals surface area contributed by atoms with Crippen molar-refractivity contribution in [2.24, 2.45) is 17.3 Å². The van der Waals surface area contributed by atoms with Crippen LogP contribution in [0.2, 0.25) is 0 Å². The fraction of sp³-hybridized carbons (Fsp3) is 0.571. The number of nitrogens with one attached hydrogen (secondary N) is 2. The highest BCUT2D eigenvalue weighted by Crippen LogP contribution is 2.61. The van der Waals surface area contributed by atoms with Gasteiger partial charge < -0.3 is 10.4 Å². The Hall–Kier alpha value is -1.69. The summed E-state index contributed by atoms with van der Waals surface area (Å²) in [6, 6.07) is 8.03. The molecule has 0 aromatic heterocycles. The van der Waals surface area contributed by atoms with Gasteiger partial charge in [0, 0.05) is 19.2 Å². The minimum Gasteiger partial charge on any atom is -0.390 e. The topological polar surface area (TPSA) is 81.6 Å². The van der Waals surface area contributed by atoms with Gasteiger partial charge in [-0.05, 0) is 73.0 Å². The van der Waals surface area contributed by atoms with Gasteiger partial charge in [0.05, 0.1) is 5.60 Å². The second kappa shape index (κ2) is 6.80. The van der Waals surface area contributed by atoms with E-state index in [9.17, 15) is 9.90 Å². The third-order valence-electron chi connectivity index (χ3n) is 6.50. The van der Waals surface area contributed by atoms with Gasteiger partial charge in [-0.1, -0.05) is 24.3 Å². The Morgan fingerprint density at radius 1 is 1.15 bits per heavy atom. The first-order valence-corrected chi connectivity index (χ1v) is 9.62. The number of amides is 1. The van der Waals surface area contributed by atoms with E-state index < -0.39 is 5.91 Å². The van der Waals surface area contributed by atoms with Gasteiger partial charge in [-0.3, -0.25) is 10.0 Å². The van der Waals surface area contributed by atoms with Gasteiger partial charge in [-0.2, -0.15) is 0 Å². The van der Waals surface area contributed by atoms with Gasteiger partial charge in [0.15, 0.2) is 0 Å². The van der Waals surface area contributed by atoms with Crippen molar-refractivity contribution >= 4 is 12.0 Å². The van der Waals surface area contributed by atoms with Crippen molar-refractivity contribution in [3.8, 4) is 0 Å². The smallest absolute Gasteiger partial charge is 0.267 e. The first-order valence-electron chi connectivity index (χ1n) is 9.62. The normalized spacial score (nSPS) is 35.2. The Morgan fingerprint density at radius 2 is 1.85 bits per heavy atom. The summed E-state index contributed by atoms with van der Waals surface area (Å²) in [6.45, 7) is 1.80. The summed E-state index contributed by atoms with van der Waals surface area (Å²) in [5.74, 6) is 0.920. The van der Waals surface area contributed by atoms with Crippen molar-refractivity contribution < 1.29 is 15.1 Å². The molecule has 4 aliphatic rings. The monoisotopic (exact) mass is 356 g/mol. The van der Waals surface area contributed by atoms with Crippen LogP contribution in [0.4, 0.5) is 0 Å². The predicted molar refractivity (Wildman–Crippen MR) is 99.2 cm³/mol. The standard InChI is InChI=1S/C21H28N2O3/c24-19(23-26)6-5-15-1-3-16(4-2-15)12-22-14-20-8-17-7-18(9-20)11-21(25,10-17)13-20/h1-6,17-18,22,25-26H,7-14H2,(H,23,24). The van der Waals surface area contributed by atoms with E-state index >= 15 is 0 Å². The largest absolute Gasteiger partial charge is 0.390 e. The zero-order valence-electron chi connectivity index (χ0n) is 15.1. The zero-order chi connectivity index (χ0) is 18.2. The van der Waals surface area contributed by atoms with E-state index in [0.29, 0.717) is 5.41 Å². The van der Waals surface area contributed by atoms with Crippen LogP contribution in [-0.2, 0) is 11.3 Å². The molecule has 5 heteroatoms. The lowest BCUT2D eigenvalue weighted by atomic mass is 9.48. The SMILES string of the molecule is O=C(C=Cc1ccc(CNCC23CC4CC(CC(O)(C4)C2)C3)cc1)NO. The van der Waals surface area contributed by atoms with Crippen LogP contribution in [0.25, 0.3) is 6.08 Å². The molecule has 4 fully saturated rings.